The normalized spacial score (nSPS) is 11.9. The maximum atomic E-state index is 12.4. The van der Waals surface area contributed by atoms with Gasteiger partial charge in [-0.1, -0.05) is 42.1 Å². The summed E-state index contributed by atoms with van der Waals surface area (Å²) < 4.78 is 7.04. The number of nitrogens with zero attached hydrogens (tertiary/aromatic N) is 4. The van der Waals surface area contributed by atoms with Crippen LogP contribution < -0.4 is 10.1 Å². The zero-order chi connectivity index (χ0) is 20.1. The molecule has 0 aliphatic carbocycles. The van der Waals surface area contributed by atoms with Gasteiger partial charge in [-0.2, -0.15) is 4.68 Å². The second-order valence-electron chi connectivity index (χ2n) is 6.41. The standard InChI is InChI=1S/C20H23N5O2S/c1-13-8-7-10-17(14(13)2)25-20(22-23-24-25)28-12-19(26)21-15(3)16-9-5-6-11-18(16)27-4/h5-11,15H,12H2,1-4H3,(H,21,26). The number of hydrogen-bond donors (Lipinski definition) is 1. The number of carbonyl (C=O) groups excluding carboxylic acids is 1. The molecular formula is C20H23N5O2S. The zero-order valence-corrected chi connectivity index (χ0v) is 17.2. The fourth-order valence-corrected chi connectivity index (χ4v) is 3.60. The summed E-state index contributed by atoms with van der Waals surface area (Å²) in [6.45, 7) is 6.01. The molecule has 3 aromatic rings. The van der Waals surface area contributed by atoms with Gasteiger partial charge in [0.1, 0.15) is 5.75 Å². The third-order valence-electron chi connectivity index (χ3n) is 4.56. The SMILES string of the molecule is COc1ccccc1C(C)NC(=O)CSc1nnnn1-c1cccc(C)c1C. The van der Waals surface area contributed by atoms with Crippen LogP contribution in [0.5, 0.6) is 5.75 Å². The molecule has 1 N–H and O–H groups in total. The minimum absolute atomic E-state index is 0.0982. The third-order valence-corrected chi connectivity index (χ3v) is 5.48. The van der Waals surface area contributed by atoms with E-state index in [0.717, 1.165) is 28.1 Å². The highest BCUT2D eigenvalue weighted by Crippen LogP contribution is 2.25. The summed E-state index contributed by atoms with van der Waals surface area (Å²) in [4.78, 5) is 12.4. The molecule has 1 aromatic heterocycles. The Morgan fingerprint density at radius 2 is 2.00 bits per heavy atom. The third kappa shape index (κ3) is 4.33. The summed E-state index contributed by atoms with van der Waals surface area (Å²) in [5.74, 6) is 0.866. The maximum absolute atomic E-state index is 12.4. The average Bonchev–Trinajstić information content (AvgIpc) is 3.16. The molecule has 0 saturated carbocycles. The van der Waals surface area contributed by atoms with Crippen LogP contribution in [0.1, 0.15) is 29.7 Å². The van der Waals surface area contributed by atoms with Crippen molar-refractivity contribution in [3.63, 3.8) is 0 Å². The van der Waals surface area contributed by atoms with Crippen LogP contribution in [0.4, 0.5) is 0 Å². The van der Waals surface area contributed by atoms with E-state index in [1.807, 2.05) is 63.2 Å². The lowest BCUT2D eigenvalue weighted by molar-refractivity contribution is -0.119. The van der Waals surface area contributed by atoms with Crippen molar-refractivity contribution in [3.8, 4) is 11.4 Å². The fourth-order valence-electron chi connectivity index (χ4n) is 2.90. The molecule has 8 heteroatoms. The van der Waals surface area contributed by atoms with E-state index < -0.39 is 0 Å². The quantitative estimate of drug-likeness (QED) is 0.616. The smallest absolute Gasteiger partial charge is 0.230 e. The summed E-state index contributed by atoms with van der Waals surface area (Å²) in [7, 11) is 1.62. The van der Waals surface area contributed by atoms with Crippen LogP contribution in [0.25, 0.3) is 5.69 Å². The van der Waals surface area contributed by atoms with Gasteiger partial charge in [0.05, 0.1) is 24.6 Å². The number of benzene rings is 2. The number of ether oxygens (including phenoxy) is 1. The van der Waals surface area contributed by atoms with E-state index in [4.69, 9.17) is 4.74 Å². The number of carbonyl (C=O) groups is 1. The van der Waals surface area contributed by atoms with Crippen LogP contribution in [0.3, 0.4) is 0 Å². The number of tetrazole rings is 1. The van der Waals surface area contributed by atoms with Crippen molar-refractivity contribution in [2.24, 2.45) is 0 Å². The molecule has 1 heterocycles. The minimum Gasteiger partial charge on any atom is -0.496 e. The second-order valence-corrected chi connectivity index (χ2v) is 7.35. The van der Waals surface area contributed by atoms with E-state index in [9.17, 15) is 4.79 Å². The highest BCUT2D eigenvalue weighted by atomic mass is 32.2. The van der Waals surface area contributed by atoms with E-state index in [0.29, 0.717) is 5.16 Å². The molecule has 0 fully saturated rings. The van der Waals surface area contributed by atoms with Crippen molar-refractivity contribution in [2.45, 2.75) is 32.0 Å². The summed E-state index contributed by atoms with van der Waals surface area (Å²) >= 11 is 1.30. The Labute approximate surface area is 168 Å². The van der Waals surface area contributed by atoms with Crippen molar-refractivity contribution >= 4 is 17.7 Å². The first-order chi connectivity index (χ1) is 13.5. The highest BCUT2D eigenvalue weighted by molar-refractivity contribution is 7.99. The molecule has 7 nitrogen and oxygen atoms in total. The molecule has 0 bridgehead atoms. The van der Waals surface area contributed by atoms with Crippen LogP contribution in [0.15, 0.2) is 47.6 Å². The van der Waals surface area contributed by atoms with Crippen LogP contribution in [0, 0.1) is 13.8 Å². The first kappa shape index (κ1) is 19.9. The predicted molar refractivity (Wildman–Crippen MR) is 109 cm³/mol. The number of hydrogen-bond acceptors (Lipinski definition) is 6. The number of methoxy groups -OCH3 is 1. The maximum Gasteiger partial charge on any atom is 0.230 e. The first-order valence-corrected chi connectivity index (χ1v) is 9.90. The summed E-state index contributed by atoms with van der Waals surface area (Å²) in [5.41, 5.74) is 4.11. The number of para-hydroxylation sites is 1. The van der Waals surface area contributed by atoms with Gasteiger partial charge in [-0.05, 0) is 54.5 Å². The van der Waals surface area contributed by atoms with E-state index >= 15 is 0 Å². The Balaban J connectivity index is 1.66. The number of amides is 1. The molecule has 0 aliphatic heterocycles. The predicted octanol–water partition coefficient (Wildman–Crippen LogP) is 3.26. The first-order valence-electron chi connectivity index (χ1n) is 8.91. The Morgan fingerprint density at radius 3 is 2.79 bits per heavy atom. The average molecular weight is 398 g/mol. The number of aromatic nitrogens is 4. The van der Waals surface area contributed by atoms with Crippen LogP contribution in [0.2, 0.25) is 0 Å². The van der Waals surface area contributed by atoms with Gasteiger partial charge in [-0.3, -0.25) is 4.79 Å². The van der Waals surface area contributed by atoms with Crippen molar-refractivity contribution in [1.29, 1.82) is 0 Å². The lowest BCUT2D eigenvalue weighted by atomic mass is 10.1. The fraction of sp³-hybridized carbons (Fsp3) is 0.300. The monoisotopic (exact) mass is 397 g/mol. The van der Waals surface area contributed by atoms with Crippen molar-refractivity contribution in [3.05, 3.63) is 59.2 Å². The lowest BCUT2D eigenvalue weighted by Crippen LogP contribution is -2.28. The molecule has 1 unspecified atom stereocenters. The van der Waals surface area contributed by atoms with Crippen LogP contribution >= 0.6 is 11.8 Å². The molecule has 0 aliphatic rings. The molecule has 0 spiro atoms. The molecule has 1 amide bonds. The van der Waals surface area contributed by atoms with E-state index in [2.05, 4.69) is 20.8 Å². The van der Waals surface area contributed by atoms with Crippen molar-refractivity contribution in [2.75, 3.05) is 12.9 Å². The van der Waals surface area contributed by atoms with E-state index in [1.54, 1.807) is 11.8 Å². The largest absolute Gasteiger partial charge is 0.496 e. The van der Waals surface area contributed by atoms with E-state index in [-0.39, 0.29) is 17.7 Å². The summed E-state index contributed by atoms with van der Waals surface area (Å²) in [5, 5.41) is 15.5. The van der Waals surface area contributed by atoms with Gasteiger partial charge in [0, 0.05) is 5.56 Å². The molecule has 2 aromatic carbocycles. The van der Waals surface area contributed by atoms with Gasteiger partial charge in [0.15, 0.2) is 0 Å². The van der Waals surface area contributed by atoms with Crippen LogP contribution in [-0.4, -0.2) is 39.0 Å². The summed E-state index contributed by atoms with van der Waals surface area (Å²) in [6, 6.07) is 13.5. The van der Waals surface area contributed by atoms with Crippen molar-refractivity contribution < 1.29 is 9.53 Å². The Morgan fingerprint density at radius 1 is 1.21 bits per heavy atom. The molecule has 0 radical (unpaired) electrons. The number of nitrogens with one attached hydrogen (secondary N) is 1. The number of aryl methyl sites for hydroxylation is 1. The number of thioether (sulfide) groups is 1. The Hall–Kier alpha value is -2.87. The second kappa shape index (κ2) is 8.88. The molecule has 28 heavy (non-hydrogen) atoms. The van der Waals surface area contributed by atoms with E-state index in [1.165, 1.54) is 11.8 Å². The molecule has 1 atom stereocenters. The number of rotatable bonds is 7. The summed E-state index contributed by atoms with van der Waals surface area (Å²) in [6.07, 6.45) is 0. The molecule has 3 rings (SSSR count). The zero-order valence-electron chi connectivity index (χ0n) is 16.3. The highest BCUT2D eigenvalue weighted by Gasteiger charge is 2.16. The lowest BCUT2D eigenvalue weighted by Gasteiger charge is -2.17. The minimum atomic E-state index is -0.167. The molecule has 0 saturated heterocycles. The van der Waals surface area contributed by atoms with Gasteiger partial charge in [-0.25, -0.2) is 0 Å². The van der Waals surface area contributed by atoms with Gasteiger partial charge >= 0.3 is 0 Å². The molecular weight excluding hydrogens is 374 g/mol. The van der Waals surface area contributed by atoms with Crippen molar-refractivity contribution in [1.82, 2.24) is 25.5 Å². The van der Waals surface area contributed by atoms with Crippen LogP contribution in [-0.2, 0) is 4.79 Å². The topological polar surface area (TPSA) is 81.9 Å². The van der Waals surface area contributed by atoms with Gasteiger partial charge in [-0.15, -0.1) is 5.10 Å². The van der Waals surface area contributed by atoms with Gasteiger partial charge < -0.3 is 10.1 Å². The van der Waals surface area contributed by atoms with Gasteiger partial charge in [0.2, 0.25) is 11.1 Å². The molecule has 146 valence electrons. The van der Waals surface area contributed by atoms with Gasteiger partial charge in [0.25, 0.3) is 0 Å². The Kier molecular flexibility index (Phi) is 6.30. The Bertz CT molecular complexity index is 973.